The van der Waals surface area contributed by atoms with E-state index in [0.717, 1.165) is 5.56 Å². The standard InChI is InChI=1S/C17H20N2O6S/c1-4-24-7-8-25-16(21)15(20)19-17-18-13(10-26-17)12-6-5-11(22-2)9-14(12)23-3/h5-6,9-10H,4,7-8H2,1-3H3,(H,18,19,20). The third-order valence-corrected chi connectivity index (χ3v) is 4.02. The van der Waals surface area contributed by atoms with E-state index >= 15 is 0 Å². The topological polar surface area (TPSA) is 96.0 Å². The van der Waals surface area contributed by atoms with E-state index in [4.69, 9.17) is 18.9 Å². The van der Waals surface area contributed by atoms with Crippen LogP contribution in [0.4, 0.5) is 5.13 Å². The SMILES string of the molecule is CCOCCOC(=O)C(=O)Nc1nc(-c2ccc(OC)cc2OC)cs1. The van der Waals surface area contributed by atoms with E-state index in [9.17, 15) is 9.59 Å². The van der Waals surface area contributed by atoms with Crippen LogP contribution in [0, 0.1) is 0 Å². The molecular formula is C17H20N2O6S. The summed E-state index contributed by atoms with van der Waals surface area (Å²) in [6.45, 7) is 2.60. The van der Waals surface area contributed by atoms with E-state index in [0.29, 0.717) is 23.8 Å². The average Bonchev–Trinajstić information content (AvgIpc) is 3.12. The van der Waals surface area contributed by atoms with Crippen molar-refractivity contribution in [2.24, 2.45) is 0 Å². The number of ether oxygens (including phenoxy) is 4. The Hall–Kier alpha value is -2.65. The number of anilines is 1. The molecule has 9 heteroatoms. The zero-order chi connectivity index (χ0) is 18.9. The van der Waals surface area contributed by atoms with Gasteiger partial charge in [-0.25, -0.2) is 9.78 Å². The van der Waals surface area contributed by atoms with Crippen LogP contribution >= 0.6 is 11.3 Å². The molecule has 0 saturated carbocycles. The molecule has 0 radical (unpaired) electrons. The number of esters is 1. The van der Waals surface area contributed by atoms with Gasteiger partial charge in [0.2, 0.25) is 0 Å². The molecule has 0 spiro atoms. The van der Waals surface area contributed by atoms with Gasteiger partial charge in [0, 0.05) is 23.6 Å². The lowest BCUT2D eigenvalue weighted by molar-refractivity contribution is -0.153. The summed E-state index contributed by atoms with van der Waals surface area (Å²) in [4.78, 5) is 27.7. The Morgan fingerprint density at radius 1 is 1.19 bits per heavy atom. The number of nitrogens with zero attached hydrogens (tertiary/aromatic N) is 1. The first-order chi connectivity index (χ1) is 12.6. The minimum absolute atomic E-state index is 0.0201. The summed E-state index contributed by atoms with van der Waals surface area (Å²) in [7, 11) is 3.12. The lowest BCUT2D eigenvalue weighted by Crippen LogP contribution is -2.26. The Morgan fingerprint density at radius 2 is 2.00 bits per heavy atom. The lowest BCUT2D eigenvalue weighted by atomic mass is 10.1. The molecule has 26 heavy (non-hydrogen) atoms. The fourth-order valence-corrected chi connectivity index (χ4v) is 2.72. The van der Waals surface area contributed by atoms with Crippen LogP contribution in [-0.4, -0.2) is 50.9 Å². The molecule has 140 valence electrons. The second kappa shape index (κ2) is 9.73. The van der Waals surface area contributed by atoms with E-state index in [2.05, 4.69) is 10.3 Å². The molecule has 0 bridgehead atoms. The minimum atomic E-state index is -0.983. The summed E-state index contributed by atoms with van der Waals surface area (Å²) < 4.78 is 20.3. The molecule has 0 aliphatic heterocycles. The van der Waals surface area contributed by atoms with Crippen molar-refractivity contribution in [3.8, 4) is 22.8 Å². The maximum atomic E-state index is 11.8. The molecule has 2 rings (SSSR count). The number of rotatable bonds is 8. The van der Waals surface area contributed by atoms with Crippen molar-refractivity contribution in [2.75, 3.05) is 39.4 Å². The Morgan fingerprint density at radius 3 is 2.69 bits per heavy atom. The molecule has 0 aliphatic rings. The first-order valence-corrected chi connectivity index (χ1v) is 8.70. The van der Waals surface area contributed by atoms with Crippen molar-refractivity contribution in [3.63, 3.8) is 0 Å². The van der Waals surface area contributed by atoms with Crippen molar-refractivity contribution in [1.29, 1.82) is 0 Å². The van der Waals surface area contributed by atoms with Gasteiger partial charge in [0.1, 0.15) is 18.1 Å². The number of hydrogen-bond donors (Lipinski definition) is 1. The number of methoxy groups -OCH3 is 2. The third-order valence-electron chi connectivity index (χ3n) is 3.26. The van der Waals surface area contributed by atoms with Crippen molar-refractivity contribution in [3.05, 3.63) is 23.6 Å². The number of thiazole rings is 1. The van der Waals surface area contributed by atoms with Crippen molar-refractivity contribution in [1.82, 2.24) is 4.98 Å². The smallest absolute Gasteiger partial charge is 0.397 e. The summed E-state index contributed by atoms with van der Waals surface area (Å²) in [6.07, 6.45) is 0. The van der Waals surface area contributed by atoms with Crippen LogP contribution in [0.1, 0.15) is 6.92 Å². The van der Waals surface area contributed by atoms with Gasteiger partial charge in [-0.05, 0) is 19.1 Å². The Balaban J connectivity index is 2.01. The molecule has 0 saturated heterocycles. The van der Waals surface area contributed by atoms with Crippen molar-refractivity contribution in [2.45, 2.75) is 6.92 Å². The normalized spacial score (nSPS) is 10.3. The Bertz CT molecular complexity index is 761. The first kappa shape index (κ1) is 19.7. The van der Waals surface area contributed by atoms with Gasteiger partial charge >= 0.3 is 11.9 Å². The van der Waals surface area contributed by atoms with E-state index in [1.54, 1.807) is 37.8 Å². The van der Waals surface area contributed by atoms with Gasteiger partial charge in [-0.2, -0.15) is 0 Å². The fourth-order valence-electron chi connectivity index (χ4n) is 2.02. The number of carbonyl (C=O) groups is 2. The van der Waals surface area contributed by atoms with E-state index < -0.39 is 11.9 Å². The van der Waals surface area contributed by atoms with Gasteiger partial charge in [0.05, 0.1) is 26.5 Å². The van der Waals surface area contributed by atoms with Gasteiger partial charge in [-0.1, -0.05) is 0 Å². The number of nitrogens with one attached hydrogen (secondary N) is 1. The predicted octanol–water partition coefficient (Wildman–Crippen LogP) is 2.35. The van der Waals surface area contributed by atoms with Crippen molar-refractivity contribution >= 4 is 28.3 Å². The van der Waals surface area contributed by atoms with Gasteiger partial charge in [0.15, 0.2) is 5.13 Å². The van der Waals surface area contributed by atoms with Crippen LogP contribution < -0.4 is 14.8 Å². The van der Waals surface area contributed by atoms with E-state index in [-0.39, 0.29) is 18.3 Å². The second-order valence-corrected chi connectivity index (χ2v) is 5.75. The molecule has 1 heterocycles. The average molecular weight is 380 g/mol. The molecule has 8 nitrogen and oxygen atoms in total. The first-order valence-electron chi connectivity index (χ1n) is 7.82. The fraction of sp³-hybridized carbons (Fsp3) is 0.353. The van der Waals surface area contributed by atoms with Gasteiger partial charge in [-0.3, -0.25) is 10.1 Å². The summed E-state index contributed by atoms with van der Waals surface area (Å²) in [6, 6.07) is 5.33. The molecule has 0 aliphatic carbocycles. The van der Waals surface area contributed by atoms with Gasteiger partial charge in [-0.15, -0.1) is 11.3 Å². The largest absolute Gasteiger partial charge is 0.497 e. The maximum Gasteiger partial charge on any atom is 0.397 e. The zero-order valence-corrected chi connectivity index (χ0v) is 15.6. The minimum Gasteiger partial charge on any atom is -0.497 e. The van der Waals surface area contributed by atoms with E-state index in [1.807, 2.05) is 6.92 Å². The highest BCUT2D eigenvalue weighted by atomic mass is 32.1. The highest BCUT2D eigenvalue weighted by Gasteiger charge is 2.18. The number of aromatic nitrogens is 1. The quantitative estimate of drug-likeness (QED) is 0.427. The molecule has 1 aromatic heterocycles. The van der Waals surface area contributed by atoms with Crippen LogP contribution in [0.15, 0.2) is 23.6 Å². The molecule has 2 aromatic rings. The Labute approximate surface area is 155 Å². The molecule has 1 N–H and O–H groups in total. The molecule has 0 atom stereocenters. The number of amides is 1. The summed E-state index contributed by atoms with van der Waals surface area (Å²) in [5.41, 5.74) is 1.35. The van der Waals surface area contributed by atoms with Crippen LogP contribution in [0.5, 0.6) is 11.5 Å². The van der Waals surface area contributed by atoms with Crippen LogP contribution in [0.3, 0.4) is 0 Å². The van der Waals surface area contributed by atoms with Gasteiger partial charge < -0.3 is 18.9 Å². The van der Waals surface area contributed by atoms with Crippen molar-refractivity contribution < 1.29 is 28.5 Å². The van der Waals surface area contributed by atoms with Crippen LogP contribution in [0.25, 0.3) is 11.3 Å². The van der Waals surface area contributed by atoms with Gasteiger partial charge in [0.25, 0.3) is 0 Å². The second-order valence-electron chi connectivity index (χ2n) is 4.89. The monoisotopic (exact) mass is 380 g/mol. The zero-order valence-electron chi connectivity index (χ0n) is 14.7. The highest BCUT2D eigenvalue weighted by molar-refractivity contribution is 7.14. The molecule has 0 fully saturated rings. The number of benzene rings is 1. The van der Waals surface area contributed by atoms with Crippen LogP contribution in [-0.2, 0) is 19.1 Å². The lowest BCUT2D eigenvalue weighted by Gasteiger charge is -2.08. The molecule has 1 amide bonds. The van der Waals surface area contributed by atoms with E-state index in [1.165, 1.54) is 11.3 Å². The molecule has 1 aromatic carbocycles. The summed E-state index contributed by atoms with van der Waals surface area (Å²) in [5.74, 6) is -0.625. The summed E-state index contributed by atoms with van der Waals surface area (Å²) in [5, 5.41) is 4.45. The number of hydrogen-bond acceptors (Lipinski definition) is 8. The number of carbonyl (C=O) groups excluding carboxylic acids is 2. The predicted molar refractivity (Wildman–Crippen MR) is 96.7 cm³/mol. The van der Waals surface area contributed by atoms with Crippen LogP contribution in [0.2, 0.25) is 0 Å². The highest BCUT2D eigenvalue weighted by Crippen LogP contribution is 2.34. The third kappa shape index (κ3) is 5.17. The Kier molecular flexibility index (Phi) is 7.37. The molecular weight excluding hydrogens is 360 g/mol. The molecule has 0 unspecified atom stereocenters. The summed E-state index contributed by atoms with van der Waals surface area (Å²) >= 11 is 1.19. The maximum absolute atomic E-state index is 11.8.